The Bertz CT molecular complexity index is 1360. The van der Waals surface area contributed by atoms with E-state index in [1.807, 2.05) is 43.1 Å². The first kappa shape index (κ1) is 25.7. The van der Waals surface area contributed by atoms with Crippen molar-refractivity contribution in [3.05, 3.63) is 83.4 Å². The summed E-state index contributed by atoms with van der Waals surface area (Å²) in [4.78, 5) is 13.6. The standard InChI is InChI=1S/C27H31N3O5S/c1-18-12-13-19(2)23(14-18)27(31)24-16-22(34-3)17-30(24)28-20-8-7-9-21(15-20)29-36(32,33)26-11-6-5-10-25(26)35-4/h5-15,22,24,28-29H,16-17H2,1-4H3. The van der Waals surface area contributed by atoms with Crippen LogP contribution in [0.2, 0.25) is 0 Å². The molecule has 0 radical (unpaired) electrons. The predicted octanol–water partition coefficient (Wildman–Crippen LogP) is 4.41. The topological polar surface area (TPSA) is 97.0 Å². The number of para-hydroxylation sites is 1. The van der Waals surface area contributed by atoms with Gasteiger partial charge in [-0.05, 0) is 62.2 Å². The third kappa shape index (κ3) is 5.53. The third-order valence-corrected chi connectivity index (χ3v) is 7.72. The summed E-state index contributed by atoms with van der Waals surface area (Å²) < 4.78 is 39.4. The zero-order valence-electron chi connectivity index (χ0n) is 20.8. The third-order valence-electron chi connectivity index (χ3n) is 6.30. The Morgan fingerprint density at radius 1 is 0.972 bits per heavy atom. The summed E-state index contributed by atoms with van der Waals surface area (Å²) in [5, 5.41) is 1.87. The normalized spacial score (nSPS) is 18.1. The molecule has 190 valence electrons. The lowest BCUT2D eigenvalue weighted by molar-refractivity contribution is 0.0885. The van der Waals surface area contributed by atoms with Crippen molar-refractivity contribution in [1.82, 2.24) is 5.01 Å². The van der Waals surface area contributed by atoms with Gasteiger partial charge in [-0.15, -0.1) is 0 Å². The average Bonchev–Trinajstić information content (AvgIpc) is 3.27. The zero-order valence-corrected chi connectivity index (χ0v) is 21.6. The highest BCUT2D eigenvalue weighted by atomic mass is 32.2. The maximum atomic E-state index is 13.5. The summed E-state index contributed by atoms with van der Waals surface area (Å²) in [7, 11) is -0.804. The van der Waals surface area contributed by atoms with Gasteiger partial charge in [0.05, 0.1) is 30.6 Å². The molecule has 1 fully saturated rings. The number of ketones is 1. The minimum Gasteiger partial charge on any atom is -0.495 e. The largest absolute Gasteiger partial charge is 0.495 e. The molecule has 9 heteroatoms. The summed E-state index contributed by atoms with van der Waals surface area (Å²) in [5.41, 5.74) is 6.98. The van der Waals surface area contributed by atoms with Crippen LogP contribution in [-0.2, 0) is 14.8 Å². The van der Waals surface area contributed by atoms with Crippen LogP contribution in [0.3, 0.4) is 0 Å². The second-order valence-electron chi connectivity index (χ2n) is 8.89. The number of methoxy groups -OCH3 is 2. The van der Waals surface area contributed by atoms with Crippen molar-refractivity contribution in [2.75, 3.05) is 30.9 Å². The van der Waals surface area contributed by atoms with Crippen molar-refractivity contribution in [2.24, 2.45) is 0 Å². The van der Waals surface area contributed by atoms with Crippen molar-refractivity contribution in [2.45, 2.75) is 37.3 Å². The number of ether oxygens (including phenoxy) is 2. The van der Waals surface area contributed by atoms with Crippen LogP contribution in [0.5, 0.6) is 5.75 Å². The van der Waals surface area contributed by atoms with E-state index in [2.05, 4.69) is 10.1 Å². The van der Waals surface area contributed by atoms with Crippen LogP contribution in [0.4, 0.5) is 11.4 Å². The second-order valence-corrected chi connectivity index (χ2v) is 10.5. The van der Waals surface area contributed by atoms with Gasteiger partial charge in [-0.3, -0.25) is 9.52 Å². The molecule has 1 saturated heterocycles. The Morgan fingerprint density at radius 2 is 1.72 bits per heavy atom. The number of hydrazine groups is 1. The highest BCUT2D eigenvalue weighted by Crippen LogP contribution is 2.29. The fourth-order valence-electron chi connectivity index (χ4n) is 4.39. The van der Waals surface area contributed by atoms with Crippen LogP contribution in [0.15, 0.2) is 71.6 Å². The molecular formula is C27H31N3O5S. The number of anilines is 2. The van der Waals surface area contributed by atoms with Crippen molar-refractivity contribution < 1.29 is 22.7 Å². The smallest absolute Gasteiger partial charge is 0.265 e. The second kappa shape index (κ2) is 10.7. The number of benzene rings is 3. The molecule has 3 aromatic carbocycles. The molecule has 2 N–H and O–H groups in total. The van der Waals surface area contributed by atoms with E-state index in [4.69, 9.17) is 9.47 Å². The van der Waals surface area contributed by atoms with Crippen molar-refractivity contribution in [3.63, 3.8) is 0 Å². The van der Waals surface area contributed by atoms with Crippen molar-refractivity contribution >= 4 is 27.2 Å². The van der Waals surface area contributed by atoms with E-state index in [9.17, 15) is 13.2 Å². The molecule has 2 atom stereocenters. The number of hydrogen-bond acceptors (Lipinski definition) is 7. The van der Waals surface area contributed by atoms with Crippen molar-refractivity contribution in [3.8, 4) is 5.75 Å². The summed E-state index contributed by atoms with van der Waals surface area (Å²) in [6.45, 7) is 4.41. The maximum Gasteiger partial charge on any atom is 0.265 e. The van der Waals surface area contributed by atoms with E-state index < -0.39 is 16.1 Å². The Morgan fingerprint density at radius 3 is 2.47 bits per heavy atom. The molecule has 3 aromatic rings. The van der Waals surface area contributed by atoms with Crippen molar-refractivity contribution in [1.29, 1.82) is 0 Å². The van der Waals surface area contributed by atoms with Gasteiger partial charge in [0.1, 0.15) is 10.6 Å². The number of Topliss-reactive ketones (excluding diaryl/α,β-unsaturated/α-hetero) is 1. The molecule has 1 heterocycles. The van der Waals surface area contributed by atoms with Gasteiger partial charge in [0.25, 0.3) is 10.0 Å². The minimum atomic E-state index is -3.87. The van der Waals surface area contributed by atoms with E-state index >= 15 is 0 Å². The Balaban J connectivity index is 1.56. The number of sulfonamides is 1. The van der Waals surface area contributed by atoms with E-state index in [0.717, 1.165) is 11.1 Å². The first-order valence-electron chi connectivity index (χ1n) is 11.7. The number of aryl methyl sites for hydroxylation is 2. The lowest BCUT2D eigenvalue weighted by atomic mass is 9.96. The van der Waals surface area contributed by atoms with Crippen LogP contribution < -0.4 is 14.9 Å². The molecule has 2 unspecified atom stereocenters. The molecule has 0 spiro atoms. The molecule has 0 amide bonds. The Hall–Kier alpha value is -3.40. The van der Waals surface area contributed by atoms with E-state index in [0.29, 0.717) is 29.9 Å². The van der Waals surface area contributed by atoms with Crippen LogP contribution in [-0.4, -0.2) is 52.1 Å². The van der Waals surface area contributed by atoms with E-state index in [1.165, 1.54) is 13.2 Å². The molecule has 4 rings (SSSR count). The fourth-order valence-corrected chi connectivity index (χ4v) is 5.61. The molecule has 0 aromatic heterocycles. The minimum absolute atomic E-state index is 0.0243. The zero-order chi connectivity index (χ0) is 25.9. The van der Waals surface area contributed by atoms with Gasteiger partial charge in [-0.2, -0.15) is 0 Å². The molecule has 1 aliphatic heterocycles. The van der Waals surface area contributed by atoms with Gasteiger partial charge >= 0.3 is 0 Å². The molecule has 0 bridgehead atoms. The van der Waals surface area contributed by atoms with Gasteiger partial charge < -0.3 is 14.9 Å². The number of hydrogen-bond donors (Lipinski definition) is 2. The van der Waals surface area contributed by atoms with Gasteiger partial charge in [0.15, 0.2) is 5.78 Å². The van der Waals surface area contributed by atoms with Gasteiger partial charge in [0, 0.05) is 19.2 Å². The quantitative estimate of drug-likeness (QED) is 0.413. The summed E-state index contributed by atoms with van der Waals surface area (Å²) in [5.74, 6) is 0.283. The van der Waals surface area contributed by atoms with E-state index in [-0.39, 0.29) is 22.5 Å². The van der Waals surface area contributed by atoms with Crippen LogP contribution in [0.25, 0.3) is 0 Å². The predicted molar refractivity (Wildman–Crippen MR) is 140 cm³/mol. The molecule has 0 aliphatic carbocycles. The Kier molecular flexibility index (Phi) is 7.63. The number of nitrogens with one attached hydrogen (secondary N) is 2. The lowest BCUT2D eigenvalue weighted by Crippen LogP contribution is -2.40. The van der Waals surface area contributed by atoms with Crippen LogP contribution in [0, 0.1) is 13.8 Å². The SMILES string of the molecule is COc1ccccc1S(=O)(=O)Nc1cccc(NN2CC(OC)CC2C(=O)c2cc(C)ccc2C)c1. The van der Waals surface area contributed by atoms with E-state index in [1.54, 1.807) is 43.5 Å². The summed E-state index contributed by atoms with van der Waals surface area (Å²) >= 11 is 0. The molecular weight excluding hydrogens is 478 g/mol. The number of rotatable bonds is 9. The molecule has 1 aliphatic rings. The molecule has 8 nitrogen and oxygen atoms in total. The van der Waals surface area contributed by atoms with Gasteiger partial charge in [-0.1, -0.05) is 35.9 Å². The molecule has 0 saturated carbocycles. The first-order chi connectivity index (χ1) is 17.2. The summed E-state index contributed by atoms with van der Waals surface area (Å²) in [6, 6.07) is 18.8. The lowest BCUT2D eigenvalue weighted by Gasteiger charge is -2.26. The fraction of sp³-hybridized carbons (Fsp3) is 0.296. The number of carbonyl (C=O) groups excluding carboxylic acids is 1. The number of carbonyl (C=O) groups is 1. The van der Waals surface area contributed by atoms with Gasteiger partial charge in [0.2, 0.25) is 0 Å². The first-order valence-corrected chi connectivity index (χ1v) is 13.1. The molecule has 36 heavy (non-hydrogen) atoms. The summed E-state index contributed by atoms with van der Waals surface area (Å²) in [6.07, 6.45) is 0.444. The average molecular weight is 510 g/mol. The number of nitrogens with zero attached hydrogens (tertiary/aromatic N) is 1. The van der Waals surface area contributed by atoms with Gasteiger partial charge in [-0.25, -0.2) is 13.4 Å². The highest BCUT2D eigenvalue weighted by Gasteiger charge is 2.38. The van der Waals surface area contributed by atoms with Crippen LogP contribution >= 0.6 is 0 Å². The van der Waals surface area contributed by atoms with Crippen LogP contribution in [0.1, 0.15) is 27.9 Å². The highest BCUT2D eigenvalue weighted by molar-refractivity contribution is 7.92. The Labute approximate surface area is 212 Å². The maximum absolute atomic E-state index is 13.5. The monoisotopic (exact) mass is 509 g/mol.